The molecule has 1 aromatic heterocycles. The van der Waals surface area contributed by atoms with Crippen molar-refractivity contribution in [2.45, 2.75) is 20.8 Å². The first-order valence-electron chi connectivity index (χ1n) is 4.68. The van der Waals surface area contributed by atoms with E-state index >= 15 is 0 Å². The molecule has 0 atom stereocenters. The SMILES string of the molecule is CCNCC.Cc1ccc(C(N)=O)o1. The number of carbonyl (C=O) groups is 1. The van der Waals surface area contributed by atoms with E-state index in [1.807, 2.05) is 0 Å². The molecule has 0 unspecified atom stereocenters. The van der Waals surface area contributed by atoms with Crippen molar-refractivity contribution in [2.75, 3.05) is 13.1 Å². The number of amides is 1. The first kappa shape index (κ1) is 12.7. The van der Waals surface area contributed by atoms with Crippen LogP contribution in [0.15, 0.2) is 16.5 Å². The molecule has 0 aliphatic rings. The Morgan fingerprint density at radius 3 is 2.14 bits per heavy atom. The molecule has 0 saturated carbocycles. The fraction of sp³-hybridized carbons (Fsp3) is 0.500. The zero-order valence-electron chi connectivity index (χ0n) is 8.96. The number of rotatable bonds is 3. The van der Waals surface area contributed by atoms with Gasteiger partial charge in [0.05, 0.1) is 0 Å². The first-order chi connectivity index (χ1) is 6.61. The van der Waals surface area contributed by atoms with E-state index in [-0.39, 0.29) is 5.76 Å². The largest absolute Gasteiger partial charge is 0.456 e. The number of aryl methyl sites for hydroxylation is 1. The second kappa shape index (κ2) is 7.15. The summed E-state index contributed by atoms with van der Waals surface area (Å²) in [5.41, 5.74) is 4.89. The third-order valence-electron chi connectivity index (χ3n) is 1.48. The molecule has 1 aromatic rings. The van der Waals surface area contributed by atoms with Crippen molar-refractivity contribution in [1.29, 1.82) is 0 Å². The van der Waals surface area contributed by atoms with Crippen molar-refractivity contribution in [3.63, 3.8) is 0 Å². The molecule has 1 heterocycles. The van der Waals surface area contributed by atoms with E-state index in [1.54, 1.807) is 19.1 Å². The number of nitrogens with one attached hydrogen (secondary N) is 1. The van der Waals surface area contributed by atoms with E-state index < -0.39 is 5.91 Å². The Morgan fingerprint density at radius 1 is 1.43 bits per heavy atom. The van der Waals surface area contributed by atoms with Crippen molar-refractivity contribution < 1.29 is 9.21 Å². The average molecular weight is 198 g/mol. The van der Waals surface area contributed by atoms with Crippen molar-refractivity contribution in [1.82, 2.24) is 5.32 Å². The van der Waals surface area contributed by atoms with Crippen molar-refractivity contribution in [3.05, 3.63) is 23.7 Å². The predicted octanol–water partition coefficient (Wildman–Crippen LogP) is 1.30. The number of primary amides is 1. The van der Waals surface area contributed by atoms with Crippen LogP contribution < -0.4 is 11.1 Å². The highest BCUT2D eigenvalue weighted by atomic mass is 16.3. The van der Waals surface area contributed by atoms with Gasteiger partial charge in [0.25, 0.3) is 5.91 Å². The predicted molar refractivity (Wildman–Crippen MR) is 56.2 cm³/mol. The molecular formula is C10H18N2O2. The zero-order chi connectivity index (χ0) is 11.0. The summed E-state index contributed by atoms with van der Waals surface area (Å²) in [7, 11) is 0. The number of furan rings is 1. The molecule has 1 amide bonds. The van der Waals surface area contributed by atoms with E-state index in [1.165, 1.54) is 0 Å². The van der Waals surface area contributed by atoms with Gasteiger partial charge in [-0.3, -0.25) is 4.79 Å². The monoisotopic (exact) mass is 198 g/mol. The van der Waals surface area contributed by atoms with Crippen LogP contribution in [0.5, 0.6) is 0 Å². The highest BCUT2D eigenvalue weighted by Gasteiger charge is 2.02. The lowest BCUT2D eigenvalue weighted by Gasteiger charge is -1.86. The van der Waals surface area contributed by atoms with Crippen LogP contribution in [0.3, 0.4) is 0 Å². The molecule has 80 valence electrons. The summed E-state index contributed by atoms with van der Waals surface area (Å²) in [5, 5.41) is 3.11. The van der Waals surface area contributed by atoms with Crippen LogP contribution in [-0.2, 0) is 0 Å². The second-order valence-electron chi connectivity index (χ2n) is 2.73. The van der Waals surface area contributed by atoms with Crippen LogP contribution in [0.1, 0.15) is 30.2 Å². The zero-order valence-corrected chi connectivity index (χ0v) is 8.96. The number of carbonyl (C=O) groups excluding carboxylic acids is 1. The molecule has 0 bridgehead atoms. The van der Waals surface area contributed by atoms with Gasteiger partial charge >= 0.3 is 0 Å². The van der Waals surface area contributed by atoms with Gasteiger partial charge < -0.3 is 15.5 Å². The van der Waals surface area contributed by atoms with Gasteiger partial charge in [0.2, 0.25) is 0 Å². The molecule has 0 aliphatic carbocycles. The highest BCUT2D eigenvalue weighted by molar-refractivity contribution is 5.89. The maximum atomic E-state index is 10.3. The summed E-state index contributed by atoms with van der Waals surface area (Å²) < 4.78 is 4.87. The minimum atomic E-state index is -0.525. The van der Waals surface area contributed by atoms with Gasteiger partial charge in [-0.1, -0.05) is 13.8 Å². The van der Waals surface area contributed by atoms with Crippen molar-refractivity contribution in [2.24, 2.45) is 5.73 Å². The molecule has 4 nitrogen and oxygen atoms in total. The van der Waals surface area contributed by atoms with Crippen LogP contribution in [0.2, 0.25) is 0 Å². The van der Waals surface area contributed by atoms with E-state index in [0.29, 0.717) is 5.76 Å². The molecule has 14 heavy (non-hydrogen) atoms. The fourth-order valence-corrected chi connectivity index (χ4v) is 0.817. The van der Waals surface area contributed by atoms with Crippen LogP contribution in [0.25, 0.3) is 0 Å². The minimum absolute atomic E-state index is 0.215. The third kappa shape index (κ3) is 5.37. The summed E-state index contributed by atoms with van der Waals surface area (Å²) in [4.78, 5) is 10.3. The van der Waals surface area contributed by atoms with E-state index in [2.05, 4.69) is 19.2 Å². The molecule has 0 fully saturated rings. The van der Waals surface area contributed by atoms with Crippen LogP contribution in [0, 0.1) is 6.92 Å². The van der Waals surface area contributed by atoms with E-state index in [4.69, 9.17) is 10.2 Å². The van der Waals surface area contributed by atoms with Gasteiger partial charge in [-0.25, -0.2) is 0 Å². The average Bonchev–Trinajstić information content (AvgIpc) is 2.54. The summed E-state index contributed by atoms with van der Waals surface area (Å²) >= 11 is 0. The normalized spacial score (nSPS) is 9.07. The van der Waals surface area contributed by atoms with Gasteiger partial charge in [0.15, 0.2) is 5.76 Å². The van der Waals surface area contributed by atoms with Crippen LogP contribution >= 0.6 is 0 Å². The maximum absolute atomic E-state index is 10.3. The summed E-state index contributed by atoms with van der Waals surface area (Å²) in [6, 6.07) is 3.25. The number of nitrogens with two attached hydrogens (primary N) is 1. The Bertz CT molecular complexity index is 267. The molecule has 0 saturated heterocycles. The Labute approximate surface area is 84.5 Å². The van der Waals surface area contributed by atoms with E-state index in [9.17, 15) is 4.79 Å². The molecule has 0 aliphatic heterocycles. The fourth-order valence-electron chi connectivity index (χ4n) is 0.817. The summed E-state index contributed by atoms with van der Waals surface area (Å²) in [6.45, 7) is 8.15. The Balaban J connectivity index is 0.000000292. The molecule has 0 radical (unpaired) electrons. The Kier molecular flexibility index (Phi) is 6.49. The molecule has 3 N–H and O–H groups in total. The summed E-state index contributed by atoms with van der Waals surface area (Å²) in [6.07, 6.45) is 0. The molecular weight excluding hydrogens is 180 g/mol. The lowest BCUT2D eigenvalue weighted by atomic mass is 10.4. The van der Waals surface area contributed by atoms with Crippen molar-refractivity contribution in [3.8, 4) is 0 Å². The Hall–Kier alpha value is -1.29. The highest BCUT2D eigenvalue weighted by Crippen LogP contribution is 2.03. The van der Waals surface area contributed by atoms with Crippen LogP contribution in [0.4, 0.5) is 0 Å². The lowest BCUT2D eigenvalue weighted by molar-refractivity contribution is 0.0972. The maximum Gasteiger partial charge on any atom is 0.284 e. The number of hydrogen-bond acceptors (Lipinski definition) is 3. The topological polar surface area (TPSA) is 68.3 Å². The van der Waals surface area contributed by atoms with E-state index in [0.717, 1.165) is 13.1 Å². The van der Waals surface area contributed by atoms with Gasteiger partial charge in [-0.05, 0) is 32.1 Å². The van der Waals surface area contributed by atoms with Crippen LogP contribution in [-0.4, -0.2) is 19.0 Å². The smallest absolute Gasteiger partial charge is 0.284 e. The first-order valence-corrected chi connectivity index (χ1v) is 4.68. The van der Waals surface area contributed by atoms with Gasteiger partial charge in [0.1, 0.15) is 5.76 Å². The van der Waals surface area contributed by atoms with Crippen molar-refractivity contribution >= 4 is 5.91 Å². The Morgan fingerprint density at radius 2 is 2.00 bits per heavy atom. The lowest BCUT2D eigenvalue weighted by Crippen LogP contribution is -2.09. The molecule has 1 rings (SSSR count). The van der Waals surface area contributed by atoms with Gasteiger partial charge in [-0.15, -0.1) is 0 Å². The molecule has 0 aromatic carbocycles. The quantitative estimate of drug-likeness (QED) is 0.769. The standard InChI is InChI=1S/C6H7NO2.C4H11N/c1-4-2-3-5(9-4)6(7)8;1-3-5-4-2/h2-3H,1H3,(H2,7,8);5H,3-4H2,1-2H3. The van der Waals surface area contributed by atoms with Gasteiger partial charge in [-0.2, -0.15) is 0 Å². The number of hydrogen-bond donors (Lipinski definition) is 2. The third-order valence-corrected chi connectivity index (χ3v) is 1.48. The minimum Gasteiger partial charge on any atom is -0.456 e. The van der Waals surface area contributed by atoms with Gasteiger partial charge in [0, 0.05) is 0 Å². The second-order valence-corrected chi connectivity index (χ2v) is 2.73. The molecule has 0 spiro atoms. The molecule has 4 heteroatoms. The summed E-state index contributed by atoms with van der Waals surface area (Å²) in [5.74, 6) is 0.388.